The molecular formula is C42H34O6. The molecule has 7 rings (SSSR count). The van der Waals surface area contributed by atoms with E-state index in [0.717, 1.165) is 33.4 Å². The molecule has 6 aromatic rings. The molecule has 0 saturated carbocycles. The topological polar surface area (TPSA) is 71.1 Å². The fourth-order valence-corrected chi connectivity index (χ4v) is 6.94. The van der Waals surface area contributed by atoms with Crippen LogP contribution in [0.25, 0.3) is 32.7 Å². The molecule has 6 aromatic carbocycles. The second kappa shape index (κ2) is 13.1. The van der Waals surface area contributed by atoms with Gasteiger partial charge in [0, 0.05) is 18.4 Å². The molecule has 0 aromatic heterocycles. The lowest BCUT2D eigenvalue weighted by Crippen LogP contribution is -2.29. The maximum absolute atomic E-state index is 11.6. The van der Waals surface area contributed by atoms with E-state index >= 15 is 0 Å². The monoisotopic (exact) mass is 634 g/mol. The van der Waals surface area contributed by atoms with Crippen molar-refractivity contribution in [2.24, 2.45) is 0 Å². The second-order valence-corrected chi connectivity index (χ2v) is 11.6. The van der Waals surface area contributed by atoms with Crippen LogP contribution in [0.2, 0.25) is 0 Å². The molecule has 1 aliphatic carbocycles. The third kappa shape index (κ3) is 5.45. The minimum absolute atomic E-state index is 0.119. The molecule has 1 atom stereocenters. The number of carbonyl (C=O) groups is 2. The van der Waals surface area contributed by atoms with Crippen LogP contribution < -0.4 is 9.47 Å². The van der Waals surface area contributed by atoms with Crippen molar-refractivity contribution in [1.82, 2.24) is 0 Å². The standard InChI is InChI=1S/C42H34O6/c1-3-41(44)48-25-24-47-40-21-20-38(33-12-6-7-14-35(33)40)42(31-16-18-32(19-17-31)46-23-22-45-28(2)43)37-15-9-8-13-34(37)36-26-29-10-4-5-11-30(29)27-39(36)42/h3-21,26-27H,1,22-25H2,2H3. The molecule has 0 bridgehead atoms. The van der Waals surface area contributed by atoms with Crippen molar-refractivity contribution in [3.8, 4) is 22.6 Å². The quantitative estimate of drug-likeness (QED) is 0.0809. The maximum atomic E-state index is 11.6. The van der Waals surface area contributed by atoms with E-state index in [-0.39, 0.29) is 32.4 Å². The highest BCUT2D eigenvalue weighted by Gasteiger charge is 2.47. The van der Waals surface area contributed by atoms with E-state index in [0.29, 0.717) is 11.5 Å². The van der Waals surface area contributed by atoms with Crippen LogP contribution >= 0.6 is 0 Å². The zero-order valence-corrected chi connectivity index (χ0v) is 26.6. The lowest BCUT2D eigenvalue weighted by Gasteiger charge is -2.35. The summed E-state index contributed by atoms with van der Waals surface area (Å²) in [6, 6.07) is 42.5. The Bertz CT molecular complexity index is 2170. The van der Waals surface area contributed by atoms with Gasteiger partial charge in [0.15, 0.2) is 0 Å². The summed E-state index contributed by atoms with van der Waals surface area (Å²) in [5, 5.41) is 4.36. The second-order valence-electron chi connectivity index (χ2n) is 11.6. The molecule has 0 fully saturated rings. The largest absolute Gasteiger partial charge is 0.490 e. The van der Waals surface area contributed by atoms with E-state index in [4.69, 9.17) is 18.9 Å². The molecule has 48 heavy (non-hydrogen) atoms. The van der Waals surface area contributed by atoms with E-state index in [9.17, 15) is 9.59 Å². The first-order chi connectivity index (χ1) is 23.5. The molecule has 238 valence electrons. The van der Waals surface area contributed by atoms with Gasteiger partial charge in [-0.05, 0) is 79.9 Å². The minimum Gasteiger partial charge on any atom is -0.490 e. The molecule has 0 amide bonds. The smallest absolute Gasteiger partial charge is 0.330 e. The zero-order chi connectivity index (χ0) is 33.1. The first kappa shape index (κ1) is 30.8. The maximum Gasteiger partial charge on any atom is 0.330 e. The summed E-state index contributed by atoms with van der Waals surface area (Å²) in [6.07, 6.45) is 1.14. The van der Waals surface area contributed by atoms with Gasteiger partial charge in [-0.25, -0.2) is 4.79 Å². The van der Waals surface area contributed by atoms with E-state index < -0.39 is 11.4 Å². The summed E-state index contributed by atoms with van der Waals surface area (Å²) in [5.74, 6) is 0.590. The number of benzene rings is 6. The molecule has 0 spiro atoms. The van der Waals surface area contributed by atoms with Gasteiger partial charge in [0.1, 0.15) is 37.9 Å². The average Bonchev–Trinajstić information content (AvgIpc) is 3.40. The third-order valence-corrected chi connectivity index (χ3v) is 8.90. The molecule has 6 nitrogen and oxygen atoms in total. The number of esters is 2. The summed E-state index contributed by atoms with van der Waals surface area (Å²) in [6.45, 7) is 5.62. The Labute approximate surface area is 279 Å². The Kier molecular flexibility index (Phi) is 8.38. The summed E-state index contributed by atoms with van der Waals surface area (Å²) in [4.78, 5) is 22.8. The molecule has 0 heterocycles. The van der Waals surface area contributed by atoms with Crippen molar-refractivity contribution in [3.05, 3.63) is 156 Å². The zero-order valence-electron chi connectivity index (χ0n) is 26.6. The Morgan fingerprint density at radius 1 is 0.625 bits per heavy atom. The number of carbonyl (C=O) groups excluding carboxylic acids is 2. The van der Waals surface area contributed by atoms with E-state index in [2.05, 4.69) is 104 Å². The van der Waals surface area contributed by atoms with Crippen molar-refractivity contribution >= 4 is 33.5 Å². The molecule has 1 aliphatic rings. The highest BCUT2D eigenvalue weighted by atomic mass is 16.6. The lowest BCUT2D eigenvalue weighted by molar-refractivity contribution is -0.141. The minimum atomic E-state index is -0.677. The molecule has 0 radical (unpaired) electrons. The van der Waals surface area contributed by atoms with Crippen LogP contribution in [0.4, 0.5) is 0 Å². The fraction of sp³-hybridized carbons (Fsp3) is 0.143. The predicted octanol–water partition coefficient (Wildman–Crippen LogP) is 8.41. The molecule has 0 N–H and O–H groups in total. The third-order valence-electron chi connectivity index (χ3n) is 8.90. The van der Waals surface area contributed by atoms with Gasteiger partial charge < -0.3 is 18.9 Å². The van der Waals surface area contributed by atoms with E-state index in [1.807, 2.05) is 24.3 Å². The summed E-state index contributed by atoms with van der Waals surface area (Å²) in [5.41, 5.74) is 6.30. The SMILES string of the molecule is C=CC(=O)OCCOc1ccc(C2(c3ccc(OCCOC(C)=O)cc3)c3ccccc3-c3cc4ccccc4cc32)c2ccccc12. The van der Waals surface area contributed by atoms with Crippen LogP contribution in [0.1, 0.15) is 29.2 Å². The number of hydrogen-bond acceptors (Lipinski definition) is 6. The number of rotatable bonds is 11. The number of fused-ring (bicyclic) bond motifs is 5. The lowest BCUT2D eigenvalue weighted by atomic mass is 9.66. The van der Waals surface area contributed by atoms with Crippen molar-refractivity contribution in [2.45, 2.75) is 12.3 Å². The highest BCUT2D eigenvalue weighted by molar-refractivity contribution is 6.00. The normalized spacial score (nSPS) is 14.6. The van der Waals surface area contributed by atoms with Gasteiger partial charge >= 0.3 is 11.9 Å². The van der Waals surface area contributed by atoms with Crippen LogP contribution in [0.15, 0.2) is 134 Å². The fourth-order valence-electron chi connectivity index (χ4n) is 6.94. The van der Waals surface area contributed by atoms with E-state index in [1.54, 1.807) is 0 Å². The Balaban J connectivity index is 1.42. The van der Waals surface area contributed by atoms with E-state index in [1.165, 1.54) is 34.6 Å². The van der Waals surface area contributed by atoms with Crippen molar-refractivity contribution in [1.29, 1.82) is 0 Å². The number of hydrogen-bond donors (Lipinski definition) is 0. The average molecular weight is 635 g/mol. The summed E-state index contributed by atoms with van der Waals surface area (Å²) >= 11 is 0. The Morgan fingerprint density at radius 2 is 1.29 bits per heavy atom. The van der Waals surface area contributed by atoms with Gasteiger partial charge in [0.25, 0.3) is 0 Å². The molecule has 1 unspecified atom stereocenters. The van der Waals surface area contributed by atoms with Crippen molar-refractivity contribution < 1.29 is 28.5 Å². The predicted molar refractivity (Wildman–Crippen MR) is 188 cm³/mol. The number of ether oxygens (including phenoxy) is 4. The molecule has 6 heteroatoms. The molecular weight excluding hydrogens is 600 g/mol. The first-order valence-electron chi connectivity index (χ1n) is 15.9. The Morgan fingerprint density at radius 3 is 2.06 bits per heavy atom. The van der Waals surface area contributed by atoms with Crippen LogP contribution in [-0.2, 0) is 24.5 Å². The Hall–Kier alpha value is -5.88. The summed E-state index contributed by atoms with van der Waals surface area (Å²) in [7, 11) is 0. The van der Waals surface area contributed by atoms with Gasteiger partial charge in [0.05, 0.1) is 5.41 Å². The highest BCUT2D eigenvalue weighted by Crippen LogP contribution is 2.58. The van der Waals surface area contributed by atoms with Crippen molar-refractivity contribution in [3.63, 3.8) is 0 Å². The van der Waals surface area contributed by atoms with Gasteiger partial charge in [-0.15, -0.1) is 0 Å². The van der Waals surface area contributed by atoms with Gasteiger partial charge in [-0.2, -0.15) is 0 Å². The molecule has 0 saturated heterocycles. The van der Waals surface area contributed by atoms with Crippen LogP contribution in [0.3, 0.4) is 0 Å². The van der Waals surface area contributed by atoms with Crippen LogP contribution in [0.5, 0.6) is 11.5 Å². The van der Waals surface area contributed by atoms with Gasteiger partial charge in [0.2, 0.25) is 0 Å². The van der Waals surface area contributed by atoms with Gasteiger partial charge in [-0.3, -0.25) is 4.79 Å². The van der Waals surface area contributed by atoms with Gasteiger partial charge in [-0.1, -0.05) is 97.6 Å². The van der Waals surface area contributed by atoms with Crippen LogP contribution in [-0.4, -0.2) is 38.4 Å². The summed E-state index contributed by atoms with van der Waals surface area (Å²) < 4.78 is 22.3. The first-order valence-corrected chi connectivity index (χ1v) is 15.9. The molecule has 0 aliphatic heterocycles. The van der Waals surface area contributed by atoms with Crippen molar-refractivity contribution in [2.75, 3.05) is 26.4 Å². The van der Waals surface area contributed by atoms with Crippen LogP contribution in [0, 0.1) is 0 Å².